The predicted octanol–water partition coefficient (Wildman–Crippen LogP) is 5.09. The maximum absolute atomic E-state index is 13.1. The van der Waals surface area contributed by atoms with Crippen LogP contribution in [0.3, 0.4) is 0 Å². The fourth-order valence-corrected chi connectivity index (χ4v) is 3.98. The Morgan fingerprint density at radius 2 is 1.72 bits per heavy atom. The van der Waals surface area contributed by atoms with Gasteiger partial charge in [0.25, 0.3) is 5.91 Å². The van der Waals surface area contributed by atoms with Gasteiger partial charge in [-0.15, -0.1) is 0 Å². The third kappa shape index (κ3) is 4.65. The highest BCUT2D eigenvalue weighted by Gasteiger charge is 2.34. The minimum absolute atomic E-state index is 0.149. The second kappa shape index (κ2) is 9.66. The molecule has 0 radical (unpaired) electrons. The largest absolute Gasteiger partial charge is 0.496 e. The quantitative estimate of drug-likeness (QED) is 0.406. The van der Waals surface area contributed by atoms with Crippen molar-refractivity contribution in [2.24, 2.45) is 0 Å². The summed E-state index contributed by atoms with van der Waals surface area (Å²) in [6.45, 7) is 2.32. The Morgan fingerprint density at radius 3 is 2.41 bits per heavy atom. The molecule has 3 aromatic carbocycles. The van der Waals surface area contributed by atoms with Crippen molar-refractivity contribution < 1.29 is 14.3 Å². The second-order valence-corrected chi connectivity index (χ2v) is 7.81. The topological polar surface area (TPSA) is 50.8 Å². The number of rotatable bonds is 7. The Hall–Kier alpha value is -3.64. The fraction of sp³-hybridized carbons (Fsp3) is 0.154. The van der Waals surface area contributed by atoms with Crippen molar-refractivity contribution >= 4 is 29.3 Å². The molecule has 32 heavy (non-hydrogen) atoms. The summed E-state index contributed by atoms with van der Waals surface area (Å²) in [5, 5.41) is 3.47. The SMILES string of the molecule is COc1ccc(C=C2NC(=S)N(C(C)c3ccccc3)C2=O)cc1COc1ccccc1. The van der Waals surface area contributed by atoms with E-state index in [1.165, 1.54) is 0 Å². The number of nitrogens with one attached hydrogen (secondary N) is 1. The standard InChI is InChI=1S/C26H24N2O3S/c1-18(20-9-5-3-6-10-20)28-25(29)23(27-26(28)32)16-19-13-14-24(30-2)21(15-19)17-31-22-11-7-4-8-12-22/h3-16,18H,17H2,1-2H3,(H,27,32). The molecule has 162 valence electrons. The van der Waals surface area contributed by atoms with Crippen LogP contribution in [0.25, 0.3) is 6.08 Å². The zero-order valence-corrected chi connectivity index (χ0v) is 18.8. The molecule has 1 aliphatic rings. The summed E-state index contributed by atoms with van der Waals surface area (Å²) in [4.78, 5) is 14.7. The molecule has 0 bridgehead atoms. The normalized spacial score (nSPS) is 15.6. The number of benzene rings is 3. The van der Waals surface area contributed by atoms with E-state index in [9.17, 15) is 4.79 Å². The molecule has 6 heteroatoms. The molecule has 1 unspecified atom stereocenters. The molecule has 0 aliphatic carbocycles. The molecule has 0 aromatic heterocycles. The number of methoxy groups -OCH3 is 1. The Bertz CT molecular complexity index is 1150. The average molecular weight is 445 g/mol. The van der Waals surface area contributed by atoms with Gasteiger partial charge >= 0.3 is 0 Å². The monoisotopic (exact) mass is 444 g/mol. The number of ether oxygens (including phenoxy) is 2. The third-order valence-electron chi connectivity index (χ3n) is 5.33. The highest BCUT2D eigenvalue weighted by atomic mass is 32.1. The van der Waals surface area contributed by atoms with E-state index in [4.69, 9.17) is 21.7 Å². The summed E-state index contributed by atoms with van der Waals surface area (Å²) in [5.74, 6) is 1.36. The summed E-state index contributed by atoms with van der Waals surface area (Å²) in [6, 6.07) is 25.0. The van der Waals surface area contributed by atoms with E-state index in [1.807, 2.05) is 85.8 Å². The Labute approximate surface area is 193 Å². The average Bonchev–Trinajstić information content (AvgIpc) is 3.11. The van der Waals surface area contributed by atoms with Gasteiger partial charge in [0.05, 0.1) is 13.2 Å². The van der Waals surface area contributed by atoms with Crippen LogP contribution >= 0.6 is 12.2 Å². The van der Waals surface area contributed by atoms with Crippen molar-refractivity contribution in [1.82, 2.24) is 10.2 Å². The van der Waals surface area contributed by atoms with Crippen LogP contribution in [-0.2, 0) is 11.4 Å². The van der Waals surface area contributed by atoms with E-state index in [2.05, 4.69) is 5.32 Å². The molecule has 1 atom stereocenters. The van der Waals surface area contributed by atoms with Gasteiger partial charge in [-0.25, -0.2) is 0 Å². The van der Waals surface area contributed by atoms with Gasteiger partial charge < -0.3 is 14.8 Å². The number of carbonyl (C=O) groups excluding carboxylic acids is 1. The molecule has 1 aliphatic heterocycles. The lowest BCUT2D eigenvalue weighted by molar-refractivity contribution is -0.123. The van der Waals surface area contributed by atoms with Crippen LogP contribution in [0.2, 0.25) is 0 Å². The van der Waals surface area contributed by atoms with E-state index >= 15 is 0 Å². The number of hydrogen-bond acceptors (Lipinski definition) is 4. The van der Waals surface area contributed by atoms with Crippen molar-refractivity contribution in [3.05, 3.63) is 101 Å². The van der Waals surface area contributed by atoms with Crippen molar-refractivity contribution in [2.75, 3.05) is 7.11 Å². The van der Waals surface area contributed by atoms with E-state index in [0.29, 0.717) is 17.4 Å². The molecule has 5 nitrogen and oxygen atoms in total. The smallest absolute Gasteiger partial charge is 0.277 e. The maximum atomic E-state index is 13.1. The van der Waals surface area contributed by atoms with Gasteiger partial charge in [-0.2, -0.15) is 0 Å². The molecule has 3 aromatic rings. The fourth-order valence-electron chi connectivity index (χ4n) is 3.63. The lowest BCUT2D eigenvalue weighted by Gasteiger charge is -2.23. The van der Waals surface area contributed by atoms with Crippen LogP contribution in [0.15, 0.2) is 84.6 Å². The highest BCUT2D eigenvalue weighted by Crippen LogP contribution is 2.28. The van der Waals surface area contributed by atoms with Gasteiger partial charge in [0.1, 0.15) is 23.8 Å². The van der Waals surface area contributed by atoms with Gasteiger partial charge in [0, 0.05) is 5.56 Å². The van der Waals surface area contributed by atoms with Crippen LogP contribution in [-0.4, -0.2) is 23.0 Å². The first-order chi connectivity index (χ1) is 15.6. The number of nitrogens with zero attached hydrogens (tertiary/aromatic N) is 1. The molecule has 1 amide bonds. The lowest BCUT2D eigenvalue weighted by atomic mass is 10.1. The summed E-state index contributed by atoms with van der Waals surface area (Å²) in [5.41, 5.74) is 3.20. The second-order valence-electron chi connectivity index (χ2n) is 7.42. The first kappa shape index (κ1) is 21.6. The van der Waals surface area contributed by atoms with Crippen molar-refractivity contribution in [3.63, 3.8) is 0 Å². The number of thiocarbonyl (C=S) groups is 1. The van der Waals surface area contributed by atoms with E-state index < -0.39 is 0 Å². The number of para-hydroxylation sites is 1. The molecule has 4 rings (SSSR count). The van der Waals surface area contributed by atoms with Gasteiger partial charge in [-0.3, -0.25) is 9.69 Å². The minimum Gasteiger partial charge on any atom is -0.496 e. The number of hydrogen-bond donors (Lipinski definition) is 1. The van der Waals surface area contributed by atoms with Gasteiger partial charge in [0.2, 0.25) is 0 Å². The highest BCUT2D eigenvalue weighted by molar-refractivity contribution is 7.80. The molecular formula is C26H24N2O3S. The molecule has 1 N–H and O–H groups in total. The minimum atomic E-state index is -0.166. The van der Waals surface area contributed by atoms with Crippen molar-refractivity contribution in [3.8, 4) is 11.5 Å². The molecule has 1 heterocycles. The van der Waals surface area contributed by atoms with Gasteiger partial charge in [-0.05, 0) is 60.6 Å². The summed E-state index contributed by atoms with van der Waals surface area (Å²) in [6.07, 6.45) is 1.80. The lowest BCUT2D eigenvalue weighted by Crippen LogP contribution is -2.33. The molecule has 1 saturated heterocycles. The van der Waals surface area contributed by atoms with Crippen LogP contribution in [0.5, 0.6) is 11.5 Å². The van der Waals surface area contributed by atoms with Crippen molar-refractivity contribution in [2.45, 2.75) is 19.6 Å². The van der Waals surface area contributed by atoms with Crippen LogP contribution in [0.4, 0.5) is 0 Å². The molecule has 0 saturated carbocycles. The molecular weight excluding hydrogens is 420 g/mol. The first-order valence-corrected chi connectivity index (χ1v) is 10.7. The zero-order chi connectivity index (χ0) is 22.5. The van der Waals surface area contributed by atoms with E-state index in [1.54, 1.807) is 18.1 Å². The van der Waals surface area contributed by atoms with Crippen LogP contribution < -0.4 is 14.8 Å². The molecule has 0 spiro atoms. The zero-order valence-electron chi connectivity index (χ0n) is 17.9. The molecule has 1 fully saturated rings. The summed E-state index contributed by atoms with van der Waals surface area (Å²) in [7, 11) is 1.63. The van der Waals surface area contributed by atoms with Crippen LogP contribution in [0.1, 0.15) is 29.7 Å². The van der Waals surface area contributed by atoms with Crippen LogP contribution in [0, 0.1) is 0 Å². The first-order valence-electron chi connectivity index (χ1n) is 10.3. The maximum Gasteiger partial charge on any atom is 0.277 e. The third-order valence-corrected chi connectivity index (χ3v) is 5.63. The van der Waals surface area contributed by atoms with Crippen molar-refractivity contribution in [1.29, 1.82) is 0 Å². The van der Waals surface area contributed by atoms with Gasteiger partial charge in [0.15, 0.2) is 5.11 Å². The Morgan fingerprint density at radius 1 is 1.03 bits per heavy atom. The summed E-state index contributed by atoms with van der Waals surface area (Å²) >= 11 is 5.46. The van der Waals surface area contributed by atoms with E-state index in [0.717, 1.165) is 28.2 Å². The predicted molar refractivity (Wildman–Crippen MR) is 129 cm³/mol. The Balaban J connectivity index is 1.55. The van der Waals surface area contributed by atoms with Gasteiger partial charge in [-0.1, -0.05) is 54.6 Å². The number of carbonyl (C=O) groups is 1. The summed E-state index contributed by atoms with van der Waals surface area (Å²) < 4.78 is 11.4. The number of amides is 1. The van der Waals surface area contributed by atoms with E-state index in [-0.39, 0.29) is 11.9 Å². The Kier molecular flexibility index (Phi) is 6.52.